The fourth-order valence-corrected chi connectivity index (χ4v) is 3.44. The molecule has 2 aromatic rings. The van der Waals surface area contributed by atoms with E-state index in [2.05, 4.69) is 17.9 Å². The lowest BCUT2D eigenvalue weighted by Gasteiger charge is -2.25. The zero-order valence-corrected chi connectivity index (χ0v) is 15.0. The number of thiol groups is 1. The standard InChI is InChI=1S/C18H17N3O5S/c22-17(19-12-3-1-2-11(8-12)18(23)24)16-9-15(27)10-20(16)13-4-6-14(7-5-13)21(25)26/h1-8,15-16,27H,9-10H2,(H,19,22)(H,23,24)/t15-,16-/m0/s1. The van der Waals surface area contributed by atoms with Gasteiger partial charge in [0, 0.05) is 35.3 Å². The average molecular weight is 387 g/mol. The fourth-order valence-electron chi connectivity index (χ4n) is 3.07. The Hall–Kier alpha value is -3.07. The summed E-state index contributed by atoms with van der Waals surface area (Å²) in [6.45, 7) is 0.522. The van der Waals surface area contributed by atoms with Gasteiger partial charge < -0.3 is 15.3 Å². The van der Waals surface area contributed by atoms with Crippen LogP contribution in [0.2, 0.25) is 0 Å². The molecule has 1 aliphatic heterocycles. The van der Waals surface area contributed by atoms with Crippen LogP contribution in [0.3, 0.4) is 0 Å². The van der Waals surface area contributed by atoms with Crippen LogP contribution < -0.4 is 10.2 Å². The van der Waals surface area contributed by atoms with Crippen molar-refractivity contribution in [2.45, 2.75) is 17.7 Å². The van der Waals surface area contributed by atoms with E-state index in [1.807, 2.05) is 4.90 Å². The van der Waals surface area contributed by atoms with E-state index >= 15 is 0 Å². The topological polar surface area (TPSA) is 113 Å². The molecule has 140 valence electrons. The molecule has 9 heteroatoms. The van der Waals surface area contributed by atoms with Gasteiger partial charge in [0.05, 0.1) is 10.5 Å². The largest absolute Gasteiger partial charge is 0.478 e. The van der Waals surface area contributed by atoms with Crippen molar-refractivity contribution in [1.29, 1.82) is 0 Å². The second-order valence-electron chi connectivity index (χ2n) is 6.21. The molecule has 0 radical (unpaired) electrons. The molecular weight excluding hydrogens is 370 g/mol. The van der Waals surface area contributed by atoms with Crippen molar-refractivity contribution in [2.24, 2.45) is 0 Å². The van der Waals surface area contributed by atoms with Gasteiger partial charge in [-0.25, -0.2) is 4.79 Å². The van der Waals surface area contributed by atoms with Crippen molar-refractivity contribution in [2.75, 3.05) is 16.8 Å². The SMILES string of the molecule is O=C(O)c1cccc(NC(=O)[C@@H]2C[C@H](S)CN2c2ccc([N+](=O)[O-])cc2)c1. The number of nitro groups is 1. The summed E-state index contributed by atoms with van der Waals surface area (Å²) in [6, 6.07) is 11.5. The molecule has 0 aromatic heterocycles. The zero-order chi connectivity index (χ0) is 19.6. The summed E-state index contributed by atoms with van der Waals surface area (Å²) < 4.78 is 0. The predicted octanol–water partition coefficient (Wildman–Crippen LogP) is 2.81. The molecule has 0 saturated carbocycles. The second-order valence-corrected chi connectivity index (χ2v) is 6.94. The monoisotopic (exact) mass is 387 g/mol. The fraction of sp³-hybridized carbons (Fsp3) is 0.222. The number of amides is 1. The highest BCUT2D eigenvalue weighted by Crippen LogP contribution is 2.30. The number of non-ortho nitro benzene ring substituents is 1. The van der Waals surface area contributed by atoms with Crippen molar-refractivity contribution in [1.82, 2.24) is 0 Å². The smallest absolute Gasteiger partial charge is 0.335 e. The Kier molecular flexibility index (Phi) is 5.31. The van der Waals surface area contributed by atoms with Gasteiger partial charge in [-0.3, -0.25) is 14.9 Å². The van der Waals surface area contributed by atoms with Gasteiger partial charge in [0.2, 0.25) is 5.91 Å². The third kappa shape index (κ3) is 4.20. The summed E-state index contributed by atoms with van der Waals surface area (Å²) >= 11 is 4.47. The Morgan fingerprint density at radius 2 is 1.93 bits per heavy atom. The number of aromatic carboxylic acids is 1. The van der Waals surface area contributed by atoms with E-state index in [0.29, 0.717) is 24.3 Å². The van der Waals surface area contributed by atoms with Gasteiger partial charge in [0.25, 0.3) is 5.69 Å². The molecule has 0 aliphatic carbocycles. The molecular formula is C18H17N3O5S. The van der Waals surface area contributed by atoms with Gasteiger partial charge in [-0.1, -0.05) is 6.07 Å². The lowest BCUT2D eigenvalue weighted by molar-refractivity contribution is -0.384. The van der Waals surface area contributed by atoms with Crippen LogP contribution in [0.1, 0.15) is 16.8 Å². The van der Waals surface area contributed by atoms with Crippen molar-refractivity contribution >= 4 is 41.6 Å². The van der Waals surface area contributed by atoms with Crippen LogP contribution >= 0.6 is 12.6 Å². The lowest BCUT2D eigenvalue weighted by atomic mass is 10.1. The second kappa shape index (κ2) is 7.67. The van der Waals surface area contributed by atoms with Crippen LogP contribution in [0.25, 0.3) is 0 Å². The van der Waals surface area contributed by atoms with Gasteiger partial charge in [0.1, 0.15) is 6.04 Å². The molecule has 0 unspecified atom stereocenters. The molecule has 2 N–H and O–H groups in total. The Morgan fingerprint density at radius 3 is 2.56 bits per heavy atom. The summed E-state index contributed by atoms with van der Waals surface area (Å²) in [4.78, 5) is 36.0. The summed E-state index contributed by atoms with van der Waals surface area (Å²) in [7, 11) is 0. The van der Waals surface area contributed by atoms with Gasteiger partial charge >= 0.3 is 5.97 Å². The molecule has 1 amide bonds. The van der Waals surface area contributed by atoms with Crippen LogP contribution in [-0.2, 0) is 4.79 Å². The van der Waals surface area contributed by atoms with E-state index in [0.717, 1.165) is 0 Å². The molecule has 1 heterocycles. The summed E-state index contributed by atoms with van der Waals surface area (Å²) in [5.74, 6) is -1.36. The third-order valence-corrected chi connectivity index (χ3v) is 4.73. The Balaban J connectivity index is 1.79. The first kappa shape index (κ1) is 18.7. The average Bonchev–Trinajstić information content (AvgIpc) is 3.04. The summed E-state index contributed by atoms with van der Waals surface area (Å²) in [5.41, 5.74) is 1.15. The Bertz CT molecular complexity index is 887. The molecule has 0 bridgehead atoms. The number of carbonyl (C=O) groups is 2. The minimum Gasteiger partial charge on any atom is -0.478 e. The highest BCUT2D eigenvalue weighted by atomic mass is 32.1. The van der Waals surface area contributed by atoms with Crippen LogP contribution in [0.15, 0.2) is 48.5 Å². The molecule has 2 atom stereocenters. The van der Waals surface area contributed by atoms with E-state index in [-0.39, 0.29) is 22.4 Å². The molecule has 27 heavy (non-hydrogen) atoms. The van der Waals surface area contributed by atoms with Crippen molar-refractivity contribution in [3.8, 4) is 0 Å². The maximum absolute atomic E-state index is 12.8. The predicted molar refractivity (Wildman–Crippen MR) is 104 cm³/mol. The first-order valence-electron chi connectivity index (χ1n) is 8.18. The van der Waals surface area contributed by atoms with Crippen molar-refractivity contribution < 1.29 is 19.6 Å². The first-order chi connectivity index (χ1) is 12.8. The van der Waals surface area contributed by atoms with E-state index in [4.69, 9.17) is 5.11 Å². The summed E-state index contributed by atoms with van der Waals surface area (Å²) in [5, 5.41) is 22.6. The lowest BCUT2D eigenvalue weighted by Crippen LogP contribution is -2.39. The number of benzene rings is 2. The number of hydrogen-bond acceptors (Lipinski definition) is 6. The molecule has 0 spiro atoms. The zero-order valence-electron chi connectivity index (χ0n) is 14.1. The third-order valence-electron chi connectivity index (χ3n) is 4.35. The van der Waals surface area contributed by atoms with Crippen LogP contribution in [0.4, 0.5) is 17.1 Å². The Morgan fingerprint density at radius 1 is 1.22 bits per heavy atom. The van der Waals surface area contributed by atoms with Gasteiger partial charge in [0.15, 0.2) is 0 Å². The number of carbonyl (C=O) groups excluding carboxylic acids is 1. The number of nitrogens with zero attached hydrogens (tertiary/aromatic N) is 2. The van der Waals surface area contributed by atoms with Gasteiger partial charge in [-0.15, -0.1) is 0 Å². The number of anilines is 2. The van der Waals surface area contributed by atoms with E-state index in [1.165, 1.54) is 24.3 Å². The molecule has 1 aliphatic rings. The maximum Gasteiger partial charge on any atom is 0.335 e. The molecule has 2 aromatic carbocycles. The van der Waals surface area contributed by atoms with Gasteiger partial charge in [-0.05, 0) is 36.8 Å². The van der Waals surface area contributed by atoms with Crippen LogP contribution in [-0.4, -0.2) is 39.7 Å². The molecule has 1 saturated heterocycles. The van der Waals surface area contributed by atoms with Crippen LogP contribution in [0.5, 0.6) is 0 Å². The number of nitrogens with one attached hydrogen (secondary N) is 1. The highest BCUT2D eigenvalue weighted by molar-refractivity contribution is 7.81. The minimum absolute atomic E-state index is 0.0214. The molecule has 3 rings (SSSR count). The number of nitro benzene ring substituents is 1. The Labute approximate surface area is 160 Å². The minimum atomic E-state index is -1.07. The normalized spacial score (nSPS) is 18.9. The number of carboxylic acid groups (broad SMARTS) is 1. The summed E-state index contributed by atoms with van der Waals surface area (Å²) in [6.07, 6.45) is 0.505. The van der Waals surface area contributed by atoms with Gasteiger partial charge in [-0.2, -0.15) is 12.6 Å². The maximum atomic E-state index is 12.8. The van der Waals surface area contributed by atoms with E-state index in [1.54, 1.807) is 24.3 Å². The number of carboxylic acids is 1. The highest BCUT2D eigenvalue weighted by Gasteiger charge is 2.35. The van der Waals surface area contributed by atoms with Crippen LogP contribution in [0, 0.1) is 10.1 Å². The van der Waals surface area contributed by atoms with E-state index in [9.17, 15) is 19.7 Å². The molecule has 1 fully saturated rings. The van der Waals surface area contributed by atoms with Crippen molar-refractivity contribution in [3.63, 3.8) is 0 Å². The molecule has 8 nitrogen and oxygen atoms in total. The number of rotatable bonds is 5. The van der Waals surface area contributed by atoms with Crippen molar-refractivity contribution in [3.05, 3.63) is 64.2 Å². The van der Waals surface area contributed by atoms with E-state index < -0.39 is 16.9 Å². The number of hydrogen-bond donors (Lipinski definition) is 3. The first-order valence-corrected chi connectivity index (χ1v) is 8.70. The quantitative estimate of drug-likeness (QED) is 0.413.